The number of morpholine rings is 1. The number of aromatic nitrogens is 2. The van der Waals surface area contributed by atoms with Crippen LogP contribution in [-0.2, 0) is 11.4 Å². The highest BCUT2D eigenvalue weighted by Crippen LogP contribution is 2.14. The molecule has 0 radical (unpaired) electrons. The summed E-state index contributed by atoms with van der Waals surface area (Å²) < 4.78 is 12.0. The van der Waals surface area contributed by atoms with Crippen LogP contribution in [0.25, 0.3) is 11.5 Å². The van der Waals surface area contributed by atoms with Gasteiger partial charge in [0.15, 0.2) is 0 Å². The average Bonchev–Trinajstić information content (AvgIpc) is 2.84. The van der Waals surface area contributed by atoms with Crippen LogP contribution in [0.5, 0.6) is 0 Å². The summed E-state index contributed by atoms with van der Waals surface area (Å²) in [5.74, 6) is -0.0703. The largest absolute Gasteiger partial charge is 0.438 e. The van der Waals surface area contributed by atoms with Crippen molar-refractivity contribution < 1.29 is 9.15 Å². The van der Waals surface area contributed by atoms with Crippen molar-refractivity contribution in [2.45, 2.75) is 19.6 Å². The van der Waals surface area contributed by atoms with Crippen molar-refractivity contribution in [1.82, 2.24) is 14.7 Å². The summed E-state index contributed by atoms with van der Waals surface area (Å²) in [6, 6.07) is 9.69. The third kappa shape index (κ3) is 2.66. The standard InChI is InChI=1S/C14H17N3O3/c1-11-9-19-8-7-16(11)10-17-14(18)20-13(15-17)12-5-3-2-4-6-12/h2-6,11H,7-10H2,1H3/t11-/m0/s1. The SMILES string of the molecule is C[C@H]1COCCN1Cn1nc(-c2ccccc2)oc1=O. The van der Waals surface area contributed by atoms with Crippen molar-refractivity contribution in [3.63, 3.8) is 0 Å². The zero-order chi connectivity index (χ0) is 13.9. The number of hydrogen-bond acceptors (Lipinski definition) is 5. The molecule has 0 spiro atoms. The molecule has 2 aromatic rings. The molecule has 1 aliphatic heterocycles. The number of hydrogen-bond donors (Lipinski definition) is 0. The molecule has 106 valence electrons. The lowest BCUT2D eigenvalue weighted by molar-refractivity contribution is -0.0182. The Labute approximate surface area is 116 Å². The second-order valence-electron chi connectivity index (χ2n) is 4.92. The fraction of sp³-hybridized carbons (Fsp3) is 0.429. The first-order valence-corrected chi connectivity index (χ1v) is 6.69. The Hall–Kier alpha value is -1.92. The van der Waals surface area contributed by atoms with Crippen LogP contribution in [0.4, 0.5) is 0 Å². The van der Waals surface area contributed by atoms with Crippen LogP contribution in [0, 0.1) is 0 Å². The number of nitrogens with zero attached hydrogens (tertiary/aromatic N) is 3. The molecule has 1 saturated heterocycles. The summed E-state index contributed by atoms with van der Waals surface area (Å²) >= 11 is 0. The number of ether oxygens (including phenoxy) is 1. The highest BCUT2D eigenvalue weighted by Gasteiger charge is 2.21. The van der Waals surface area contributed by atoms with Gasteiger partial charge in [0.25, 0.3) is 0 Å². The van der Waals surface area contributed by atoms with Gasteiger partial charge in [-0.25, -0.2) is 4.79 Å². The molecule has 0 unspecified atom stereocenters. The maximum Gasteiger partial charge on any atom is 0.438 e. The van der Waals surface area contributed by atoms with Gasteiger partial charge in [-0.3, -0.25) is 4.90 Å². The van der Waals surface area contributed by atoms with Gasteiger partial charge in [-0.2, -0.15) is 4.68 Å². The van der Waals surface area contributed by atoms with Crippen LogP contribution in [-0.4, -0.2) is 40.5 Å². The van der Waals surface area contributed by atoms with E-state index >= 15 is 0 Å². The van der Waals surface area contributed by atoms with Gasteiger partial charge >= 0.3 is 5.76 Å². The van der Waals surface area contributed by atoms with Crippen molar-refractivity contribution >= 4 is 0 Å². The smallest absolute Gasteiger partial charge is 0.388 e. The Kier molecular flexibility index (Phi) is 3.66. The van der Waals surface area contributed by atoms with Gasteiger partial charge in [0, 0.05) is 18.2 Å². The van der Waals surface area contributed by atoms with E-state index in [0.29, 0.717) is 25.8 Å². The molecule has 20 heavy (non-hydrogen) atoms. The molecule has 6 nitrogen and oxygen atoms in total. The molecular weight excluding hydrogens is 258 g/mol. The van der Waals surface area contributed by atoms with Gasteiger partial charge < -0.3 is 9.15 Å². The Morgan fingerprint density at radius 1 is 1.35 bits per heavy atom. The summed E-state index contributed by atoms with van der Waals surface area (Å²) in [5.41, 5.74) is 0.804. The van der Waals surface area contributed by atoms with E-state index in [1.807, 2.05) is 30.3 Å². The van der Waals surface area contributed by atoms with E-state index < -0.39 is 5.76 Å². The molecule has 1 aromatic heterocycles. The van der Waals surface area contributed by atoms with Crippen LogP contribution in [0.3, 0.4) is 0 Å². The van der Waals surface area contributed by atoms with Crippen molar-refractivity contribution in [3.8, 4) is 11.5 Å². The van der Waals surface area contributed by atoms with Gasteiger partial charge in [0.1, 0.15) is 6.67 Å². The first kappa shape index (κ1) is 13.1. The lowest BCUT2D eigenvalue weighted by Gasteiger charge is -2.32. The molecule has 0 N–H and O–H groups in total. The summed E-state index contributed by atoms with van der Waals surface area (Å²) in [6.45, 7) is 4.66. The van der Waals surface area contributed by atoms with E-state index in [2.05, 4.69) is 16.9 Å². The fourth-order valence-electron chi connectivity index (χ4n) is 2.24. The van der Waals surface area contributed by atoms with Crippen LogP contribution < -0.4 is 5.76 Å². The minimum atomic E-state index is -0.428. The molecular formula is C14H17N3O3. The summed E-state index contributed by atoms with van der Waals surface area (Å²) in [7, 11) is 0. The Balaban J connectivity index is 1.81. The molecule has 0 amide bonds. The predicted molar refractivity (Wildman–Crippen MR) is 73.2 cm³/mol. The first-order valence-electron chi connectivity index (χ1n) is 6.69. The van der Waals surface area contributed by atoms with Crippen LogP contribution in [0.15, 0.2) is 39.5 Å². The summed E-state index contributed by atoms with van der Waals surface area (Å²) in [5, 5.41) is 4.26. The van der Waals surface area contributed by atoms with Gasteiger partial charge in [-0.15, -0.1) is 5.10 Å². The maximum atomic E-state index is 11.9. The van der Waals surface area contributed by atoms with Gasteiger partial charge in [0.2, 0.25) is 5.89 Å². The van der Waals surface area contributed by atoms with E-state index in [0.717, 1.165) is 12.1 Å². The number of benzene rings is 1. The molecule has 1 atom stereocenters. The lowest BCUT2D eigenvalue weighted by atomic mass is 10.2. The molecule has 0 aliphatic carbocycles. The lowest BCUT2D eigenvalue weighted by Crippen LogP contribution is -2.45. The molecule has 1 fully saturated rings. The van der Waals surface area contributed by atoms with Crippen molar-refractivity contribution in [3.05, 3.63) is 40.9 Å². The third-order valence-corrected chi connectivity index (χ3v) is 3.45. The Morgan fingerprint density at radius 2 is 2.15 bits per heavy atom. The summed E-state index contributed by atoms with van der Waals surface area (Å²) in [4.78, 5) is 14.0. The third-order valence-electron chi connectivity index (χ3n) is 3.45. The van der Waals surface area contributed by atoms with Crippen molar-refractivity contribution in [2.24, 2.45) is 0 Å². The van der Waals surface area contributed by atoms with Crippen LogP contribution in [0.1, 0.15) is 6.92 Å². The zero-order valence-corrected chi connectivity index (χ0v) is 11.4. The fourth-order valence-corrected chi connectivity index (χ4v) is 2.24. The molecule has 3 rings (SSSR count). The Morgan fingerprint density at radius 3 is 2.90 bits per heavy atom. The van der Waals surface area contributed by atoms with Crippen molar-refractivity contribution in [2.75, 3.05) is 19.8 Å². The molecule has 0 bridgehead atoms. The number of rotatable bonds is 3. The quantitative estimate of drug-likeness (QED) is 0.842. The highest BCUT2D eigenvalue weighted by atomic mass is 16.5. The predicted octanol–water partition coefficient (Wildman–Crippen LogP) is 1.18. The topological polar surface area (TPSA) is 60.5 Å². The van der Waals surface area contributed by atoms with E-state index in [9.17, 15) is 4.79 Å². The highest BCUT2D eigenvalue weighted by molar-refractivity contribution is 5.51. The van der Waals surface area contributed by atoms with Crippen molar-refractivity contribution in [1.29, 1.82) is 0 Å². The van der Waals surface area contributed by atoms with E-state index in [-0.39, 0.29) is 6.04 Å². The average molecular weight is 275 g/mol. The van der Waals surface area contributed by atoms with Crippen LogP contribution >= 0.6 is 0 Å². The van der Waals surface area contributed by atoms with E-state index in [1.54, 1.807) is 0 Å². The van der Waals surface area contributed by atoms with E-state index in [4.69, 9.17) is 9.15 Å². The molecule has 0 saturated carbocycles. The molecule has 2 heterocycles. The maximum absolute atomic E-state index is 11.9. The zero-order valence-electron chi connectivity index (χ0n) is 11.4. The summed E-state index contributed by atoms with van der Waals surface area (Å²) in [6.07, 6.45) is 0. The second kappa shape index (κ2) is 5.60. The van der Waals surface area contributed by atoms with Gasteiger partial charge in [-0.1, -0.05) is 18.2 Å². The normalized spacial score (nSPS) is 20.1. The van der Waals surface area contributed by atoms with Gasteiger partial charge in [-0.05, 0) is 19.1 Å². The monoisotopic (exact) mass is 275 g/mol. The molecule has 1 aliphatic rings. The van der Waals surface area contributed by atoms with Gasteiger partial charge in [0.05, 0.1) is 13.2 Å². The first-order chi connectivity index (χ1) is 9.74. The van der Waals surface area contributed by atoms with E-state index in [1.165, 1.54) is 4.68 Å². The van der Waals surface area contributed by atoms with Crippen LogP contribution in [0.2, 0.25) is 0 Å². The second-order valence-corrected chi connectivity index (χ2v) is 4.92. The molecule has 1 aromatic carbocycles. The minimum absolute atomic E-state index is 0.271. The minimum Gasteiger partial charge on any atom is -0.388 e. The molecule has 6 heteroatoms. The Bertz CT molecular complexity index is 620.